The third kappa shape index (κ3) is 3.85. The molecule has 0 bridgehead atoms. The lowest BCUT2D eigenvalue weighted by molar-refractivity contribution is -0.118. The molecule has 2 aromatic rings. The molecule has 2 aromatic carbocycles. The zero-order valence-corrected chi connectivity index (χ0v) is 13.0. The zero-order valence-electron chi connectivity index (χ0n) is 13.0. The Morgan fingerprint density at radius 3 is 2.33 bits per heavy atom. The summed E-state index contributed by atoms with van der Waals surface area (Å²) in [6, 6.07) is 11.9. The first kappa shape index (κ1) is 15.1. The number of para-hydroxylation sites is 1. The molecule has 3 nitrogen and oxygen atoms in total. The van der Waals surface area contributed by atoms with E-state index in [2.05, 4.69) is 5.32 Å². The van der Waals surface area contributed by atoms with Crippen molar-refractivity contribution in [3.05, 3.63) is 58.7 Å². The molecular formula is C18H21NO2. The molecule has 0 saturated carbocycles. The smallest absolute Gasteiger partial charge is 0.262 e. The van der Waals surface area contributed by atoms with E-state index in [9.17, 15) is 4.79 Å². The average Bonchev–Trinajstić information content (AvgIpc) is 2.44. The van der Waals surface area contributed by atoms with Crippen LogP contribution in [0.1, 0.15) is 22.3 Å². The van der Waals surface area contributed by atoms with Gasteiger partial charge in [0, 0.05) is 5.69 Å². The van der Waals surface area contributed by atoms with E-state index >= 15 is 0 Å². The van der Waals surface area contributed by atoms with Crippen LogP contribution in [0.25, 0.3) is 0 Å². The number of nitrogens with one attached hydrogen (secondary N) is 1. The van der Waals surface area contributed by atoms with E-state index in [1.54, 1.807) is 0 Å². The van der Waals surface area contributed by atoms with E-state index in [-0.39, 0.29) is 12.5 Å². The Morgan fingerprint density at radius 2 is 1.67 bits per heavy atom. The summed E-state index contributed by atoms with van der Waals surface area (Å²) in [7, 11) is 0. The highest BCUT2D eigenvalue weighted by atomic mass is 16.5. The van der Waals surface area contributed by atoms with Crippen LogP contribution >= 0.6 is 0 Å². The van der Waals surface area contributed by atoms with E-state index in [0.717, 1.165) is 33.7 Å². The maximum absolute atomic E-state index is 12.1. The highest BCUT2D eigenvalue weighted by Gasteiger charge is 2.09. The normalized spacial score (nSPS) is 10.3. The van der Waals surface area contributed by atoms with Crippen molar-refractivity contribution in [3.63, 3.8) is 0 Å². The summed E-state index contributed by atoms with van der Waals surface area (Å²) < 4.78 is 5.62. The fourth-order valence-electron chi connectivity index (χ4n) is 2.19. The number of carbonyl (C=O) groups excluding carboxylic acids is 1. The summed E-state index contributed by atoms with van der Waals surface area (Å²) in [6.45, 7) is 7.95. The van der Waals surface area contributed by atoms with Gasteiger partial charge < -0.3 is 10.1 Å². The van der Waals surface area contributed by atoms with Gasteiger partial charge in [0.1, 0.15) is 5.75 Å². The number of aryl methyl sites for hydroxylation is 4. The van der Waals surface area contributed by atoms with Crippen LogP contribution < -0.4 is 10.1 Å². The Balaban J connectivity index is 2.01. The van der Waals surface area contributed by atoms with Gasteiger partial charge in [0.25, 0.3) is 5.91 Å². The third-order valence-electron chi connectivity index (χ3n) is 3.45. The standard InChI is InChI=1S/C18H21NO2/c1-12-8-9-13(2)16(10-12)21-11-17(20)19-18-14(3)6-5-7-15(18)4/h5-10H,11H2,1-4H3,(H,19,20). The number of amides is 1. The summed E-state index contributed by atoms with van der Waals surface area (Å²) in [4.78, 5) is 12.1. The first-order chi connectivity index (χ1) is 9.97. The molecule has 0 aromatic heterocycles. The number of hydrogen-bond donors (Lipinski definition) is 1. The maximum atomic E-state index is 12.1. The molecule has 0 spiro atoms. The lowest BCUT2D eigenvalue weighted by atomic mass is 10.1. The van der Waals surface area contributed by atoms with Gasteiger partial charge in [0.15, 0.2) is 6.61 Å². The fourth-order valence-corrected chi connectivity index (χ4v) is 2.19. The van der Waals surface area contributed by atoms with Crippen LogP contribution in [0, 0.1) is 27.7 Å². The number of hydrogen-bond acceptors (Lipinski definition) is 2. The van der Waals surface area contributed by atoms with Gasteiger partial charge in [-0.25, -0.2) is 0 Å². The fraction of sp³-hybridized carbons (Fsp3) is 0.278. The average molecular weight is 283 g/mol. The molecule has 0 aliphatic rings. The summed E-state index contributed by atoms with van der Waals surface area (Å²) in [5, 5.41) is 2.92. The topological polar surface area (TPSA) is 38.3 Å². The van der Waals surface area contributed by atoms with Crippen LogP contribution in [0.2, 0.25) is 0 Å². The predicted octanol–water partition coefficient (Wildman–Crippen LogP) is 3.94. The Hall–Kier alpha value is -2.29. The number of carbonyl (C=O) groups is 1. The van der Waals surface area contributed by atoms with Gasteiger partial charge in [-0.1, -0.05) is 30.3 Å². The second kappa shape index (κ2) is 6.44. The molecule has 0 saturated heterocycles. The second-order valence-electron chi connectivity index (χ2n) is 5.37. The number of ether oxygens (including phenoxy) is 1. The highest BCUT2D eigenvalue weighted by molar-refractivity contribution is 5.93. The first-order valence-electron chi connectivity index (χ1n) is 7.03. The van der Waals surface area contributed by atoms with Gasteiger partial charge >= 0.3 is 0 Å². The Bertz CT molecular complexity index is 642. The SMILES string of the molecule is Cc1ccc(C)c(OCC(=O)Nc2c(C)cccc2C)c1. The van der Waals surface area contributed by atoms with Crippen LogP contribution in [-0.2, 0) is 4.79 Å². The van der Waals surface area contributed by atoms with Gasteiger partial charge in [-0.05, 0) is 56.0 Å². The van der Waals surface area contributed by atoms with Crippen LogP contribution in [-0.4, -0.2) is 12.5 Å². The highest BCUT2D eigenvalue weighted by Crippen LogP contribution is 2.21. The number of rotatable bonds is 4. The van der Waals surface area contributed by atoms with Crippen molar-refractivity contribution in [1.29, 1.82) is 0 Å². The molecule has 3 heteroatoms. The monoisotopic (exact) mass is 283 g/mol. The van der Waals surface area contributed by atoms with Crippen LogP contribution in [0.15, 0.2) is 36.4 Å². The predicted molar refractivity (Wildman–Crippen MR) is 86.0 cm³/mol. The molecular weight excluding hydrogens is 262 g/mol. The van der Waals surface area contributed by atoms with Crippen molar-refractivity contribution in [2.24, 2.45) is 0 Å². The molecule has 1 N–H and O–H groups in total. The molecule has 0 aliphatic carbocycles. The van der Waals surface area contributed by atoms with Crippen molar-refractivity contribution < 1.29 is 9.53 Å². The minimum atomic E-state index is -0.145. The Morgan fingerprint density at radius 1 is 1.00 bits per heavy atom. The summed E-state index contributed by atoms with van der Waals surface area (Å²) in [5.74, 6) is 0.611. The second-order valence-corrected chi connectivity index (χ2v) is 5.37. The zero-order chi connectivity index (χ0) is 15.4. The molecule has 2 rings (SSSR count). The number of benzene rings is 2. The Kier molecular flexibility index (Phi) is 4.63. The Labute approximate surface area is 126 Å². The van der Waals surface area contributed by atoms with Gasteiger partial charge in [0.05, 0.1) is 0 Å². The van der Waals surface area contributed by atoms with Crippen molar-refractivity contribution in [3.8, 4) is 5.75 Å². The molecule has 0 atom stereocenters. The van der Waals surface area contributed by atoms with Gasteiger partial charge in [0.2, 0.25) is 0 Å². The minimum Gasteiger partial charge on any atom is -0.483 e. The summed E-state index contributed by atoms with van der Waals surface area (Å²) in [6.07, 6.45) is 0. The van der Waals surface area contributed by atoms with E-state index in [4.69, 9.17) is 4.74 Å². The van der Waals surface area contributed by atoms with Crippen molar-refractivity contribution in [2.75, 3.05) is 11.9 Å². The molecule has 0 fully saturated rings. The van der Waals surface area contributed by atoms with E-state index in [1.807, 2.05) is 64.1 Å². The quantitative estimate of drug-likeness (QED) is 0.923. The van der Waals surface area contributed by atoms with Crippen molar-refractivity contribution in [1.82, 2.24) is 0 Å². The first-order valence-corrected chi connectivity index (χ1v) is 7.03. The molecule has 0 aliphatic heterocycles. The lowest BCUT2D eigenvalue weighted by Gasteiger charge is -2.13. The maximum Gasteiger partial charge on any atom is 0.262 e. The van der Waals surface area contributed by atoms with E-state index in [1.165, 1.54) is 0 Å². The van der Waals surface area contributed by atoms with Crippen molar-refractivity contribution in [2.45, 2.75) is 27.7 Å². The van der Waals surface area contributed by atoms with Gasteiger partial charge in [-0.2, -0.15) is 0 Å². The van der Waals surface area contributed by atoms with E-state index < -0.39 is 0 Å². The molecule has 0 radical (unpaired) electrons. The van der Waals surface area contributed by atoms with Gasteiger partial charge in [-0.15, -0.1) is 0 Å². The number of anilines is 1. The van der Waals surface area contributed by atoms with Crippen molar-refractivity contribution >= 4 is 11.6 Å². The van der Waals surface area contributed by atoms with Crippen LogP contribution in [0.5, 0.6) is 5.75 Å². The summed E-state index contributed by atoms with van der Waals surface area (Å²) >= 11 is 0. The minimum absolute atomic E-state index is 0.0120. The van der Waals surface area contributed by atoms with Crippen LogP contribution in [0.3, 0.4) is 0 Å². The summed E-state index contributed by atoms with van der Waals surface area (Å²) in [5.41, 5.74) is 5.11. The molecule has 0 unspecified atom stereocenters. The molecule has 0 heterocycles. The third-order valence-corrected chi connectivity index (χ3v) is 3.45. The molecule has 1 amide bonds. The molecule has 21 heavy (non-hydrogen) atoms. The largest absolute Gasteiger partial charge is 0.483 e. The van der Waals surface area contributed by atoms with Crippen LogP contribution in [0.4, 0.5) is 5.69 Å². The molecule has 110 valence electrons. The lowest BCUT2D eigenvalue weighted by Crippen LogP contribution is -2.21. The van der Waals surface area contributed by atoms with E-state index in [0.29, 0.717) is 0 Å². The van der Waals surface area contributed by atoms with Gasteiger partial charge in [-0.3, -0.25) is 4.79 Å².